The number of nitrogens with one attached hydrogen (secondary N) is 2. The molecule has 0 unspecified atom stereocenters. The molecule has 0 radical (unpaired) electrons. The molecule has 0 bridgehead atoms. The summed E-state index contributed by atoms with van der Waals surface area (Å²) in [5.74, 6) is 3.78. The number of rotatable bonds is 4. The van der Waals surface area contributed by atoms with Gasteiger partial charge in [-0.2, -0.15) is 9.97 Å². The van der Waals surface area contributed by atoms with Gasteiger partial charge in [0.1, 0.15) is 11.6 Å². The van der Waals surface area contributed by atoms with Crippen LogP contribution < -0.4 is 21.3 Å². The Bertz CT molecular complexity index is 501. The van der Waals surface area contributed by atoms with Crippen molar-refractivity contribution in [2.75, 3.05) is 42.1 Å². The van der Waals surface area contributed by atoms with Crippen molar-refractivity contribution in [1.82, 2.24) is 15.3 Å². The van der Waals surface area contributed by atoms with Gasteiger partial charge in [0.2, 0.25) is 5.95 Å². The first-order chi connectivity index (χ1) is 10.3. The fraction of sp³-hybridized carbons (Fsp3) is 0.733. The van der Waals surface area contributed by atoms with Crippen LogP contribution in [0.25, 0.3) is 0 Å². The molecule has 21 heavy (non-hydrogen) atoms. The fourth-order valence-corrected chi connectivity index (χ4v) is 3.51. The third-order valence-electron chi connectivity index (χ3n) is 4.92. The number of anilines is 3. The SMILES string of the molecule is Nc1nc(NCC2CC2)cc(N2C[C@@H]3CCCN[C@@H]3C2)n1. The molecule has 0 aromatic carbocycles. The first-order valence-electron chi connectivity index (χ1n) is 8.15. The van der Waals surface area contributed by atoms with E-state index in [0.717, 1.165) is 49.7 Å². The standard InChI is InChI=1S/C15H24N6/c16-15-19-13(18-7-10-3-4-10)6-14(20-15)21-8-11-2-1-5-17-12(11)9-21/h6,10-12,17H,1-5,7-9H2,(H3,16,18,19,20)/t11-,12+/m0/s1. The topological polar surface area (TPSA) is 79.1 Å². The van der Waals surface area contributed by atoms with E-state index in [9.17, 15) is 0 Å². The second-order valence-electron chi connectivity index (χ2n) is 6.66. The quantitative estimate of drug-likeness (QED) is 0.769. The van der Waals surface area contributed by atoms with Crippen molar-refractivity contribution in [3.63, 3.8) is 0 Å². The predicted molar refractivity (Wildman–Crippen MR) is 84.4 cm³/mol. The normalized spacial score (nSPS) is 28.5. The number of piperidine rings is 1. The Morgan fingerprint density at radius 3 is 3.00 bits per heavy atom. The Morgan fingerprint density at radius 2 is 2.19 bits per heavy atom. The van der Waals surface area contributed by atoms with E-state index in [2.05, 4.69) is 31.6 Å². The van der Waals surface area contributed by atoms with Gasteiger partial charge >= 0.3 is 0 Å². The van der Waals surface area contributed by atoms with Crippen molar-refractivity contribution < 1.29 is 0 Å². The van der Waals surface area contributed by atoms with E-state index in [-0.39, 0.29) is 0 Å². The number of nitrogens with two attached hydrogens (primary N) is 1. The van der Waals surface area contributed by atoms with Gasteiger partial charge in [0.15, 0.2) is 0 Å². The third-order valence-corrected chi connectivity index (χ3v) is 4.92. The van der Waals surface area contributed by atoms with E-state index in [4.69, 9.17) is 5.73 Å². The molecule has 1 aromatic heterocycles. The first kappa shape index (κ1) is 13.1. The van der Waals surface area contributed by atoms with Crippen molar-refractivity contribution >= 4 is 17.6 Å². The van der Waals surface area contributed by atoms with Crippen LogP contribution >= 0.6 is 0 Å². The molecular weight excluding hydrogens is 264 g/mol. The van der Waals surface area contributed by atoms with Gasteiger partial charge in [-0.1, -0.05) is 0 Å². The summed E-state index contributed by atoms with van der Waals surface area (Å²) in [6, 6.07) is 2.66. The molecule has 2 saturated heterocycles. The van der Waals surface area contributed by atoms with Gasteiger partial charge in [-0.15, -0.1) is 0 Å². The Hall–Kier alpha value is -1.56. The Balaban J connectivity index is 1.48. The fourth-order valence-electron chi connectivity index (χ4n) is 3.51. The molecule has 0 spiro atoms. The summed E-state index contributed by atoms with van der Waals surface area (Å²) in [5.41, 5.74) is 5.89. The lowest BCUT2D eigenvalue weighted by molar-refractivity contribution is 0.340. The highest BCUT2D eigenvalue weighted by molar-refractivity contribution is 5.53. The monoisotopic (exact) mass is 288 g/mol. The summed E-state index contributed by atoms with van der Waals surface area (Å²) >= 11 is 0. The van der Waals surface area contributed by atoms with Crippen LogP contribution in [-0.4, -0.2) is 42.2 Å². The van der Waals surface area contributed by atoms with Gasteiger partial charge < -0.3 is 21.3 Å². The molecule has 1 aromatic rings. The summed E-state index contributed by atoms with van der Waals surface area (Å²) < 4.78 is 0. The molecule has 1 saturated carbocycles. The zero-order valence-corrected chi connectivity index (χ0v) is 12.4. The largest absolute Gasteiger partial charge is 0.370 e. The molecule has 6 nitrogen and oxygen atoms in total. The van der Waals surface area contributed by atoms with Gasteiger partial charge in [-0.05, 0) is 44.1 Å². The third kappa shape index (κ3) is 2.90. The highest BCUT2D eigenvalue weighted by Crippen LogP contribution is 2.31. The van der Waals surface area contributed by atoms with Crippen molar-refractivity contribution in [3.8, 4) is 0 Å². The molecule has 4 N–H and O–H groups in total. The van der Waals surface area contributed by atoms with Gasteiger partial charge in [0, 0.05) is 31.7 Å². The van der Waals surface area contributed by atoms with E-state index in [1.54, 1.807) is 0 Å². The highest BCUT2D eigenvalue weighted by atomic mass is 15.3. The molecule has 2 aliphatic heterocycles. The van der Waals surface area contributed by atoms with Crippen LogP contribution in [0.1, 0.15) is 25.7 Å². The van der Waals surface area contributed by atoms with Crippen LogP contribution in [0, 0.1) is 11.8 Å². The zero-order valence-electron chi connectivity index (χ0n) is 12.4. The van der Waals surface area contributed by atoms with E-state index < -0.39 is 0 Å². The summed E-state index contributed by atoms with van der Waals surface area (Å²) in [4.78, 5) is 11.1. The van der Waals surface area contributed by atoms with Gasteiger partial charge in [-0.25, -0.2) is 0 Å². The van der Waals surface area contributed by atoms with Crippen molar-refractivity contribution in [1.29, 1.82) is 0 Å². The molecule has 114 valence electrons. The maximum Gasteiger partial charge on any atom is 0.223 e. The van der Waals surface area contributed by atoms with Crippen molar-refractivity contribution in [2.24, 2.45) is 11.8 Å². The van der Waals surface area contributed by atoms with Crippen LogP contribution in [-0.2, 0) is 0 Å². The second kappa shape index (κ2) is 5.33. The minimum atomic E-state index is 0.369. The lowest BCUT2D eigenvalue weighted by atomic mass is 9.94. The first-order valence-corrected chi connectivity index (χ1v) is 8.15. The number of fused-ring (bicyclic) bond motifs is 1. The average molecular weight is 288 g/mol. The van der Waals surface area contributed by atoms with Crippen LogP contribution in [0.2, 0.25) is 0 Å². The smallest absolute Gasteiger partial charge is 0.223 e. The summed E-state index contributed by atoms with van der Waals surface area (Å²) in [6.45, 7) is 4.26. The van der Waals surface area contributed by atoms with Gasteiger partial charge in [-0.3, -0.25) is 0 Å². The minimum Gasteiger partial charge on any atom is -0.370 e. The highest BCUT2D eigenvalue weighted by Gasteiger charge is 2.35. The van der Waals surface area contributed by atoms with Crippen molar-refractivity contribution in [2.45, 2.75) is 31.7 Å². The van der Waals surface area contributed by atoms with E-state index in [0.29, 0.717) is 12.0 Å². The molecule has 3 fully saturated rings. The van der Waals surface area contributed by atoms with Crippen LogP contribution in [0.5, 0.6) is 0 Å². The van der Waals surface area contributed by atoms with Gasteiger partial charge in [0.25, 0.3) is 0 Å². The Kier molecular flexibility index (Phi) is 3.33. The number of aromatic nitrogens is 2. The van der Waals surface area contributed by atoms with Crippen LogP contribution in [0.4, 0.5) is 17.6 Å². The lowest BCUT2D eigenvalue weighted by Gasteiger charge is -2.24. The average Bonchev–Trinajstić information content (AvgIpc) is 3.21. The van der Waals surface area contributed by atoms with E-state index >= 15 is 0 Å². The summed E-state index contributed by atoms with van der Waals surface area (Å²) in [5, 5.41) is 7.03. The molecule has 3 heterocycles. The molecule has 2 atom stereocenters. The molecule has 4 rings (SSSR count). The van der Waals surface area contributed by atoms with E-state index in [1.807, 2.05) is 0 Å². The molecule has 0 amide bonds. The van der Waals surface area contributed by atoms with Gasteiger partial charge in [0.05, 0.1) is 0 Å². The summed E-state index contributed by atoms with van der Waals surface area (Å²) in [7, 11) is 0. The second-order valence-corrected chi connectivity index (χ2v) is 6.66. The number of nitrogen functional groups attached to an aromatic ring is 1. The molecular formula is C15H24N6. The van der Waals surface area contributed by atoms with E-state index in [1.165, 1.54) is 25.7 Å². The number of hydrogen-bond acceptors (Lipinski definition) is 6. The molecule has 6 heteroatoms. The zero-order chi connectivity index (χ0) is 14.2. The predicted octanol–water partition coefficient (Wildman–Crippen LogP) is 1.07. The number of hydrogen-bond donors (Lipinski definition) is 3. The lowest BCUT2D eigenvalue weighted by Crippen LogP contribution is -2.40. The summed E-state index contributed by atoms with van der Waals surface area (Å²) in [6.07, 6.45) is 5.28. The minimum absolute atomic E-state index is 0.369. The molecule has 1 aliphatic carbocycles. The number of nitrogens with zero attached hydrogens (tertiary/aromatic N) is 3. The van der Waals surface area contributed by atoms with Crippen molar-refractivity contribution in [3.05, 3.63) is 6.07 Å². The maximum atomic E-state index is 5.89. The van der Waals surface area contributed by atoms with Crippen LogP contribution in [0.3, 0.4) is 0 Å². The Labute approximate surface area is 125 Å². The Morgan fingerprint density at radius 1 is 1.29 bits per heavy atom. The van der Waals surface area contributed by atoms with Crippen LogP contribution in [0.15, 0.2) is 6.07 Å². The molecule has 3 aliphatic rings. The maximum absolute atomic E-state index is 5.89.